The zero-order valence-electron chi connectivity index (χ0n) is 16.5. The van der Waals surface area contributed by atoms with Gasteiger partial charge < -0.3 is 10.5 Å². The minimum atomic E-state index is -4.54. The summed E-state index contributed by atoms with van der Waals surface area (Å²) in [5.74, 6) is 0.698. The van der Waals surface area contributed by atoms with Gasteiger partial charge in [-0.3, -0.25) is 9.88 Å². The third-order valence-corrected chi connectivity index (χ3v) is 4.85. The number of morpholine rings is 1. The summed E-state index contributed by atoms with van der Waals surface area (Å²) in [6, 6.07) is 5.25. The van der Waals surface area contributed by atoms with E-state index in [4.69, 9.17) is 10.5 Å². The molecule has 4 rings (SSSR count). The van der Waals surface area contributed by atoms with Crippen LogP contribution in [0.4, 0.5) is 19.0 Å². The summed E-state index contributed by atoms with van der Waals surface area (Å²) in [5, 5.41) is 0.482. The number of hydrogen-bond donors (Lipinski definition) is 1. The molecule has 2 atom stereocenters. The van der Waals surface area contributed by atoms with E-state index < -0.39 is 11.7 Å². The van der Waals surface area contributed by atoms with E-state index in [0.29, 0.717) is 17.8 Å². The summed E-state index contributed by atoms with van der Waals surface area (Å²) in [6.07, 6.45) is -3.07. The number of nitrogens with two attached hydrogens (primary N) is 1. The molecule has 1 saturated heterocycles. The molecule has 3 aromatic heterocycles. The maximum atomic E-state index is 13.4. The lowest BCUT2D eigenvalue weighted by molar-refractivity contribution is -0.137. The third kappa shape index (κ3) is 4.19. The molecule has 0 bridgehead atoms. The van der Waals surface area contributed by atoms with E-state index in [1.54, 1.807) is 6.07 Å². The van der Waals surface area contributed by atoms with Crippen molar-refractivity contribution >= 4 is 16.9 Å². The van der Waals surface area contributed by atoms with Crippen molar-refractivity contribution in [1.29, 1.82) is 0 Å². The van der Waals surface area contributed by atoms with Gasteiger partial charge in [-0.05, 0) is 38.1 Å². The zero-order valence-corrected chi connectivity index (χ0v) is 16.5. The highest BCUT2D eigenvalue weighted by Gasteiger charge is 2.34. The van der Waals surface area contributed by atoms with Crippen LogP contribution >= 0.6 is 0 Å². The molecule has 10 heteroatoms. The molecule has 4 heterocycles. The van der Waals surface area contributed by atoms with Gasteiger partial charge in [-0.15, -0.1) is 0 Å². The highest BCUT2D eigenvalue weighted by Crippen LogP contribution is 2.35. The lowest BCUT2D eigenvalue weighted by Gasteiger charge is -2.34. The molecular formula is C20H21F3N6O. The number of nitrogen functional groups attached to an aromatic ring is 1. The number of hydrogen-bond acceptors (Lipinski definition) is 7. The SMILES string of the molecule is CC1CN(Cc2nc(N)c3ccc(-c4ncccc4C(F)(F)F)nc3n2)CC(C)O1. The summed E-state index contributed by atoms with van der Waals surface area (Å²) < 4.78 is 45.8. The molecule has 0 aliphatic carbocycles. The van der Waals surface area contributed by atoms with Crippen molar-refractivity contribution < 1.29 is 17.9 Å². The predicted octanol–water partition coefficient (Wildman–Crippen LogP) is 3.30. The molecule has 0 radical (unpaired) electrons. The highest BCUT2D eigenvalue weighted by atomic mass is 19.4. The van der Waals surface area contributed by atoms with Crippen molar-refractivity contribution in [2.45, 2.75) is 38.8 Å². The van der Waals surface area contributed by atoms with Gasteiger partial charge in [-0.25, -0.2) is 15.0 Å². The molecule has 2 N–H and O–H groups in total. The number of fused-ring (bicyclic) bond motifs is 1. The largest absolute Gasteiger partial charge is 0.418 e. The second-order valence-corrected chi connectivity index (χ2v) is 7.44. The fraction of sp³-hybridized carbons (Fsp3) is 0.400. The standard InChI is InChI=1S/C20H21F3N6O/c1-11-8-29(9-12(2)30-11)10-16-27-18(24)13-5-6-15(26-19(13)28-16)17-14(20(21,22)23)4-3-7-25-17/h3-7,11-12H,8-10H2,1-2H3,(H2,24,26,27,28). The molecule has 7 nitrogen and oxygen atoms in total. The van der Waals surface area contributed by atoms with E-state index in [1.807, 2.05) is 13.8 Å². The molecule has 1 fully saturated rings. The van der Waals surface area contributed by atoms with Crippen LogP contribution in [-0.2, 0) is 17.5 Å². The van der Waals surface area contributed by atoms with Gasteiger partial charge in [0.05, 0.1) is 35.4 Å². The van der Waals surface area contributed by atoms with Crippen LogP contribution in [0.25, 0.3) is 22.4 Å². The van der Waals surface area contributed by atoms with Crippen molar-refractivity contribution in [3.8, 4) is 11.4 Å². The number of anilines is 1. The Morgan fingerprint density at radius 3 is 2.53 bits per heavy atom. The Balaban J connectivity index is 1.71. The summed E-state index contributed by atoms with van der Waals surface area (Å²) in [7, 11) is 0. The van der Waals surface area contributed by atoms with Crippen molar-refractivity contribution in [2.75, 3.05) is 18.8 Å². The molecule has 0 aromatic carbocycles. The van der Waals surface area contributed by atoms with Gasteiger partial charge in [0, 0.05) is 19.3 Å². The maximum Gasteiger partial charge on any atom is 0.418 e. The number of aromatic nitrogens is 4. The fourth-order valence-electron chi connectivity index (χ4n) is 3.73. The van der Waals surface area contributed by atoms with Crippen molar-refractivity contribution in [2.24, 2.45) is 0 Å². The van der Waals surface area contributed by atoms with Gasteiger partial charge >= 0.3 is 6.18 Å². The number of halogens is 3. The number of pyridine rings is 2. The second-order valence-electron chi connectivity index (χ2n) is 7.44. The van der Waals surface area contributed by atoms with Gasteiger partial charge in [0.1, 0.15) is 17.3 Å². The summed E-state index contributed by atoms with van der Waals surface area (Å²) >= 11 is 0. The number of alkyl halides is 3. The topological polar surface area (TPSA) is 90.1 Å². The molecule has 3 aromatic rings. The predicted molar refractivity (Wildman–Crippen MR) is 105 cm³/mol. The lowest BCUT2D eigenvalue weighted by Crippen LogP contribution is -2.45. The Morgan fingerprint density at radius 2 is 1.83 bits per heavy atom. The van der Waals surface area contributed by atoms with E-state index in [-0.39, 0.29) is 35.1 Å². The molecule has 0 spiro atoms. The van der Waals surface area contributed by atoms with E-state index in [1.165, 1.54) is 18.3 Å². The summed E-state index contributed by atoms with van der Waals surface area (Å²) in [5.41, 5.74) is 5.29. The minimum absolute atomic E-state index is 0.0769. The van der Waals surface area contributed by atoms with Crippen molar-refractivity contribution in [1.82, 2.24) is 24.8 Å². The van der Waals surface area contributed by atoms with Gasteiger partial charge in [0.25, 0.3) is 0 Å². The molecule has 158 valence electrons. The van der Waals surface area contributed by atoms with Crippen LogP contribution in [0.2, 0.25) is 0 Å². The average Bonchev–Trinajstić information content (AvgIpc) is 2.66. The Morgan fingerprint density at radius 1 is 1.10 bits per heavy atom. The molecule has 1 aliphatic rings. The molecular weight excluding hydrogens is 397 g/mol. The zero-order chi connectivity index (χ0) is 21.5. The lowest BCUT2D eigenvalue weighted by atomic mass is 10.1. The Hall–Kier alpha value is -2.85. The van der Waals surface area contributed by atoms with Gasteiger partial charge in [-0.2, -0.15) is 13.2 Å². The Bertz CT molecular complexity index is 1060. The monoisotopic (exact) mass is 418 g/mol. The van der Waals surface area contributed by atoms with Crippen LogP contribution in [0.3, 0.4) is 0 Å². The molecule has 0 amide bonds. The van der Waals surface area contributed by atoms with E-state index in [0.717, 1.165) is 19.2 Å². The quantitative estimate of drug-likeness (QED) is 0.698. The Kier molecular flexibility index (Phi) is 5.29. The second kappa shape index (κ2) is 7.77. The maximum absolute atomic E-state index is 13.4. The number of nitrogens with zero attached hydrogens (tertiary/aromatic N) is 5. The molecule has 1 aliphatic heterocycles. The van der Waals surface area contributed by atoms with E-state index in [9.17, 15) is 13.2 Å². The first kappa shape index (κ1) is 20.4. The normalized spacial score (nSPS) is 20.6. The van der Waals surface area contributed by atoms with Crippen LogP contribution in [0, 0.1) is 0 Å². The fourth-order valence-corrected chi connectivity index (χ4v) is 3.73. The highest BCUT2D eigenvalue weighted by molar-refractivity contribution is 5.87. The summed E-state index contributed by atoms with van der Waals surface area (Å²) in [4.78, 5) is 19.2. The van der Waals surface area contributed by atoms with Crippen LogP contribution in [0.5, 0.6) is 0 Å². The number of ether oxygens (including phenoxy) is 1. The summed E-state index contributed by atoms with van der Waals surface area (Å²) in [6.45, 7) is 5.89. The first-order chi connectivity index (χ1) is 14.2. The van der Waals surface area contributed by atoms with Crippen LogP contribution in [0.1, 0.15) is 25.2 Å². The minimum Gasteiger partial charge on any atom is -0.383 e. The number of rotatable bonds is 3. The third-order valence-electron chi connectivity index (χ3n) is 4.85. The molecule has 2 unspecified atom stereocenters. The average molecular weight is 418 g/mol. The van der Waals surface area contributed by atoms with E-state index >= 15 is 0 Å². The van der Waals surface area contributed by atoms with E-state index in [2.05, 4.69) is 24.8 Å². The molecule has 30 heavy (non-hydrogen) atoms. The van der Waals surface area contributed by atoms with Gasteiger partial charge in [0.15, 0.2) is 5.65 Å². The van der Waals surface area contributed by atoms with Crippen molar-refractivity contribution in [3.63, 3.8) is 0 Å². The van der Waals surface area contributed by atoms with Gasteiger partial charge in [0.2, 0.25) is 0 Å². The van der Waals surface area contributed by atoms with Gasteiger partial charge in [-0.1, -0.05) is 0 Å². The van der Waals surface area contributed by atoms with Crippen LogP contribution in [-0.4, -0.2) is 50.1 Å². The Labute approximate surface area is 171 Å². The van der Waals surface area contributed by atoms with Crippen molar-refractivity contribution in [3.05, 3.63) is 41.9 Å². The molecule has 0 saturated carbocycles. The van der Waals surface area contributed by atoms with Crippen LogP contribution < -0.4 is 5.73 Å². The smallest absolute Gasteiger partial charge is 0.383 e. The van der Waals surface area contributed by atoms with Crippen LogP contribution in [0.15, 0.2) is 30.5 Å². The first-order valence-corrected chi connectivity index (χ1v) is 9.54. The first-order valence-electron chi connectivity index (χ1n) is 9.54.